The number of ether oxygens (including phenoxy) is 1. The van der Waals surface area contributed by atoms with E-state index in [0.717, 1.165) is 39.3 Å². The maximum atomic E-state index is 13.2. The molecular formula is C23H25N5O5. The number of anilines is 1. The number of nitrogens with two attached hydrogens (primary N) is 1. The van der Waals surface area contributed by atoms with Gasteiger partial charge in [0.05, 0.1) is 34.9 Å². The van der Waals surface area contributed by atoms with Crippen LogP contribution in [0.4, 0.5) is 11.4 Å². The summed E-state index contributed by atoms with van der Waals surface area (Å²) in [6.45, 7) is 4.57. The number of nitrogens with one attached hydrogen (secondary N) is 1. The highest BCUT2D eigenvalue weighted by Gasteiger charge is 2.26. The Morgan fingerprint density at radius 2 is 1.85 bits per heavy atom. The number of fused-ring (bicyclic) bond motifs is 1. The summed E-state index contributed by atoms with van der Waals surface area (Å²) >= 11 is 0. The molecular weight excluding hydrogens is 426 g/mol. The monoisotopic (exact) mass is 451 g/mol. The third kappa shape index (κ3) is 4.71. The first kappa shape index (κ1) is 22.4. The molecule has 1 aliphatic rings. The highest BCUT2D eigenvalue weighted by Crippen LogP contribution is 2.28. The Labute approximate surface area is 190 Å². The van der Waals surface area contributed by atoms with E-state index in [0.29, 0.717) is 12.1 Å². The summed E-state index contributed by atoms with van der Waals surface area (Å²) in [5, 5.41) is 13.8. The van der Waals surface area contributed by atoms with Gasteiger partial charge in [-0.3, -0.25) is 24.6 Å². The standard InChI is InChI=1S/C23H25N5O5/c24-20-19(23(30)25-9-3-10-26-12-14-33-15-13-26)18-4-1-2-11-27(18)21(20)22(29)16-5-7-17(8-6-16)28(31)32/h1-2,4-8,11H,3,9-10,12-15,24H2,(H,25,30). The van der Waals surface area contributed by atoms with Crippen molar-refractivity contribution in [2.24, 2.45) is 0 Å². The Morgan fingerprint density at radius 1 is 1.12 bits per heavy atom. The molecule has 1 fully saturated rings. The van der Waals surface area contributed by atoms with Gasteiger partial charge in [0.2, 0.25) is 5.78 Å². The average Bonchev–Trinajstić information content (AvgIpc) is 3.13. The maximum absolute atomic E-state index is 13.2. The number of benzene rings is 1. The van der Waals surface area contributed by atoms with Crippen LogP contribution in [0, 0.1) is 10.1 Å². The number of ketones is 1. The van der Waals surface area contributed by atoms with Crippen LogP contribution >= 0.6 is 0 Å². The van der Waals surface area contributed by atoms with Gasteiger partial charge in [0.25, 0.3) is 11.6 Å². The average molecular weight is 451 g/mol. The smallest absolute Gasteiger partial charge is 0.269 e. The molecule has 1 amide bonds. The largest absolute Gasteiger partial charge is 0.396 e. The van der Waals surface area contributed by atoms with E-state index in [2.05, 4.69) is 10.2 Å². The minimum absolute atomic E-state index is 0.0789. The van der Waals surface area contributed by atoms with Crippen molar-refractivity contribution < 1.29 is 19.2 Å². The number of carbonyl (C=O) groups is 2. The predicted molar refractivity (Wildman–Crippen MR) is 123 cm³/mol. The topological polar surface area (TPSA) is 132 Å². The van der Waals surface area contributed by atoms with E-state index < -0.39 is 10.7 Å². The zero-order chi connectivity index (χ0) is 23.4. The Kier molecular flexibility index (Phi) is 6.66. The molecule has 0 aliphatic carbocycles. The van der Waals surface area contributed by atoms with E-state index in [9.17, 15) is 19.7 Å². The lowest BCUT2D eigenvalue weighted by molar-refractivity contribution is -0.384. The molecule has 3 heterocycles. The molecule has 172 valence electrons. The lowest BCUT2D eigenvalue weighted by atomic mass is 10.1. The van der Waals surface area contributed by atoms with Gasteiger partial charge in [0, 0.05) is 43.5 Å². The second-order valence-electron chi connectivity index (χ2n) is 7.79. The number of non-ortho nitro benzene ring substituents is 1. The van der Waals surface area contributed by atoms with Gasteiger partial charge in [-0.05, 0) is 37.2 Å². The van der Waals surface area contributed by atoms with E-state index in [-0.39, 0.29) is 34.1 Å². The van der Waals surface area contributed by atoms with Crippen LogP contribution in [0.5, 0.6) is 0 Å². The van der Waals surface area contributed by atoms with Crippen molar-refractivity contribution in [3.8, 4) is 0 Å². The summed E-state index contributed by atoms with van der Waals surface area (Å²) < 4.78 is 6.93. The second kappa shape index (κ2) is 9.80. The highest BCUT2D eigenvalue weighted by atomic mass is 16.6. The molecule has 33 heavy (non-hydrogen) atoms. The fourth-order valence-electron chi connectivity index (χ4n) is 3.99. The minimum Gasteiger partial charge on any atom is -0.396 e. The third-order valence-electron chi connectivity index (χ3n) is 5.70. The normalized spacial score (nSPS) is 14.3. The van der Waals surface area contributed by atoms with E-state index >= 15 is 0 Å². The number of amides is 1. The lowest BCUT2D eigenvalue weighted by Crippen LogP contribution is -2.38. The molecule has 1 saturated heterocycles. The van der Waals surface area contributed by atoms with Crippen molar-refractivity contribution in [3.63, 3.8) is 0 Å². The van der Waals surface area contributed by atoms with Crippen LogP contribution < -0.4 is 11.1 Å². The van der Waals surface area contributed by atoms with Crippen molar-refractivity contribution >= 4 is 28.6 Å². The number of carbonyl (C=O) groups excluding carboxylic acids is 2. The van der Waals surface area contributed by atoms with E-state index in [1.807, 2.05) is 0 Å². The van der Waals surface area contributed by atoms with Crippen LogP contribution in [0.25, 0.3) is 5.52 Å². The Hall–Kier alpha value is -3.76. The molecule has 0 atom stereocenters. The van der Waals surface area contributed by atoms with Crippen LogP contribution in [0.3, 0.4) is 0 Å². The van der Waals surface area contributed by atoms with Gasteiger partial charge < -0.3 is 20.2 Å². The van der Waals surface area contributed by atoms with Gasteiger partial charge in [0.1, 0.15) is 5.69 Å². The van der Waals surface area contributed by atoms with Crippen LogP contribution in [0.2, 0.25) is 0 Å². The predicted octanol–water partition coefficient (Wildman–Crippen LogP) is 2.11. The van der Waals surface area contributed by atoms with Gasteiger partial charge >= 0.3 is 0 Å². The van der Waals surface area contributed by atoms with Crippen molar-refractivity contribution in [2.45, 2.75) is 6.42 Å². The third-order valence-corrected chi connectivity index (χ3v) is 5.70. The van der Waals surface area contributed by atoms with Crippen molar-refractivity contribution in [3.05, 3.63) is 75.6 Å². The maximum Gasteiger partial charge on any atom is 0.269 e. The molecule has 4 rings (SSSR count). The fraction of sp³-hybridized carbons (Fsp3) is 0.304. The van der Waals surface area contributed by atoms with Gasteiger partial charge in [-0.25, -0.2) is 0 Å². The number of pyridine rings is 1. The Balaban J connectivity index is 1.54. The van der Waals surface area contributed by atoms with E-state index in [1.54, 1.807) is 28.8 Å². The van der Waals surface area contributed by atoms with Crippen molar-refractivity contribution in [1.82, 2.24) is 14.6 Å². The quantitative estimate of drug-likeness (QED) is 0.232. The molecule has 10 heteroatoms. The van der Waals surface area contributed by atoms with Crippen LogP contribution in [0.1, 0.15) is 32.8 Å². The Bertz CT molecular complexity index is 1180. The number of nitro benzene ring substituents is 1. The first-order valence-electron chi connectivity index (χ1n) is 10.7. The first-order valence-corrected chi connectivity index (χ1v) is 10.7. The molecule has 0 spiro atoms. The molecule has 3 N–H and O–H groups in total. The fourth-order valence-corrected chi connectivity index (χ4v) is 3.99. The second-order valence-corrected chi connectivity index (χ2v) is 7.79. The highest BCUT2D eigenvalue weighted by molar-refractivity contribution is 6.17. The molecule has 1 aliphatic heterocycles. The van der Waals surface area contributed by atoms with E-state index in [1.165, 1.54) is 24.3 Å². The molecule has 0 radical (unpaired) electrons. The number of nitro groups is 1. The van der Waals surface area contributed by atoms with Crippen LogP contribution in [-0.2, 0) is 4.74 Å². The summed E-state index contributed by atoms with van der Waals surface area (Å²) in [4.78, 5) is 38.9. The molecule has 0 saturated carbocycles. The minimum atomic E-state index is -0.531. The number of hydrogen-bond acceptors (Lipinski definition) is 7. The first-order chi connectivity index (χ1) is 16.0. The Morgan fingerprint density at radius 3 is 2.55 bits per heavy atom. The number of morpholine rings is 1. The van der Waals surface area contributed by atoms with Gasteiger partial charge in [-0.2, -0.15) is 0 Å². The van der Waals surface area contributed by atoms with Gasteiger partial charge in [-0.1, -0.05) is 6.07 Å². The lowest BCUT2D eigenvalue weighted by Gasteiger charge is -2.26. The molecule has 2 aromatic heterocycles. The zero-order valence-corrected chi connectivity index (χ0v) is 18.0. The SMILES string of the molecule is Nc1c(C(=O)NCCCN2CCOCC2)c2ccccn2c1C(=O)c1ccc([N+](=O)[O-])cc1. The molecule has 0 bridgehead atoms. The number of nitrogen functional groups attached to an aromatic ring is 1. The molecule has 1 aromatic carbocycles. The number of rotatable bonds is 8. The van der Waals surface area contributed by atoms with Gasteiger partial charge in [0.15, 0.2) is 0 Å². The molecule has 0 unspecified atom stereocenters. The summed E-state index contributed by atoms with van der Waals surface area (Å²) in [6.07, 6.45) is 2.45. The summed E-state index contributed by atoms with van der Waals surface area (Å²) in [7, 11) is 0. The molecule has 3 aromatic rings. The summed E-state index contributed by atoms with van der Waals surface area (Å²) in [5.41, 5.74) is 7.44. The number of nitrogens with zero attached hydrogens (tertiary/aromatic N) is 3. The van der Waals surface area contributed by atoms with Gasteiger partial charge in [-0.15, -0.1) is 0 Å². The van der Waals surface area contributed by atoms with E-state index in [4.69, 9.17) is 10.5 Å². The summed E-state index contributed by atoms with van der Waals surface area (Å²) in [5.74, 6) is -0.768. The number of aromatic nitrogens is 1. The number of hydrogen-bond donors (Lipinski definition) is 2. The zero-order valence-electron chi connectivity index (χ0n) is 18.0. The van der Waals surface area contributed by atoms with Crippen molar-refractivity contribution in [1.29, 1.82) is 0 Å². The summed E-state index contributed by atoms with van der Waals surface area (Å²) in [6, 6.07) is 10.5. The molecule has 10 nitrogen and oxygen atoms in total. The van der Waals surface area contributed by atoms with Crippen molar-refractivity contribution in [2.75, 3.05) is 45.1 Å². The van der Waals surface area contributed by atoms with Crippen LogP contribution in [-0.4, -0.2) is 65.3 Å². The van der Waals surface area contributed by atoms with Crippen LogP contribution in [0.15, 0.2) is 48.7 Å².